The fourth-order valence-corrected chi connectivity index (χ4v) is 6.32. The molecule has 0 saturated carbocycles. The lowest BCUT2D eigenvalue weighted by molar-refractivity contribution is -0.421. The molecule has 39 heavy (non-hydrogen) atoms. The Bertz CT molecular complexity index is 998. The first-order valence-electron chi connectivity index (χ1n) is 13.8. The zero-order chi connectivity index (χ0) is 28.9. The van der Waals surface area contributed by atoms with E-state index in [1.165, 1.54) is 12.8 Å². The van der Waals surface area contributed by atoms with Gasteiger partial charge in [-0.3, -0.25) is 9.78 Å². The summed E-state index contributed by atoms with van der Waals surface area (Å²) in [6, 6.07) is 14.5. The molecular formula is C31H44O6Si2. The van der Waals surface area contributed by atoms with Gasteiger partial charge in [-0.15, -0.1) is 22.9 Å². The highest BCUT2D eigenvalue weighted by atomic mass is 28.3. The lowest BCUT2D eigenvalue weighted by Crippen LogP contribution is -2.39. The van der Waals surface area contributed by atoms with Crippen molar-refractivity contribution < 1.29 is 29.1 Å². The van der Waals surface area contributed by atoms with Crippen LogP contribution in [-0.4, -0.2) is 34.4 Å². The van der Waals surface area contributed by atoms with Crippen molar-refractivity contribution in [1.82, 2.24) is 0 Å². The summed E-state index contributed by atoms with van der Waals surface area (Å²) in [5.41, 5.74) is 4.70. The molecule has 0 aromatic heterocycles. The van der Waals surface area contributed by atoms with Gasteiger partial charge in [0, 0.05) is 6.42 Å². The molecule has 6 nitrogen and oxygen atoms in total. The highest BCUT2D eigenvalue weighted by Gasteiger charge is 2.23. The van der Waals surface area contributed by atoms with E-state index in [9.17, 15) is 9.59 Å². The van der Waals surface area contributed by atoms with Gasteiger partial charge < -0.3 is 0 Å². The number of hydrogen-bond donors (Lipinski definition) is 0. The molecule has 0 fully saturated rings. The summed E-state index contributed by atoms with van der Waals surface area (Å²) in [7, 11) is -3.46. The Morgan fingerprint density at radius 3 is 1.46 bits per heavy atom. The van der Waals surface area contributed by atoms with Crippen molar-refractivity contribution in [2.45, 2.75) is 84.3 Å². The first-order chi connectivity index (χ1) is 18.5. The van der Waals surface area contributed by atoms with Gasteiger partial charge in [0.25, 0.3) is 0 Å². The van der Waals surface area contributed by atoms with Crippen LogP contribution in [0.1, 0.15) is 72.6 Å². The topological polar surface area (TPSA) is 71.1 Å². The molecule has 0 N–H and O–H groups in total. The Morgan fingerprint density at radius 2 is 1.08 bits per heavy atom. The first-order valence-corrected chi connectivity index (χ1v) is 19.9. The highest BCUT2D eigenvalue weighted by Crippen LogP contribution is 2.15. The van der Waals surface area contributed by atoms with Crippen LogP contribution in [0.25, 0.3) is 0 Å². The minimum Gasteiger partial charge on any atom is -0.290 e. The number of benzene rings is 2. The molecule has 0 spiro atoms. The third-order valence-corrected chi connectivity index (χ3v) is 12.7. The zero-order valence-corrected chi connectivity index (χ0v) is 26.2. The largest absolute Gasteiger partial charge is 0.373 e. The van der Waals surface area contributed by atoms with Gasteiger partial charge in [-0.25, -0.2) is 9.59 Å². The minimum absolute atomic E-state index is 0.356. The summed E-state index contributed by atoms with van der Waals surface area (Å²) in [6.07, 6.45) is 5.73. The Morgan fingerprint density at radius 1 is 0.692 bits per heavy atom. The van der Waals surface area contributed by atoms with Crippen LogP contribution in [0, 0.1) is 0 Å². The Kier molecular flexibility index (Phi) is 13.1. The molecule has 2 aromatic rings. The van der Waals surface area contributed by atoms with Crippen LogP contribution >= 0.6 is 0 Å². The second-order valence-corrected chi connectivity index (χ2v) is 19.8. The van der Waals surface area contributed by atoms with Gasteiger partial charge in [0.05, 0.1) is 11.1 Å². The number of hydrogen-bond acceptors (Lipinski definition) is 6. The van der Waals surface area contributed by atoms with E-state index in [2.05, 4.69) is 46.3 Å². The summed E-state index contributed by atoms with van der Waals surface area (Å²) >= 11 is 0. The van der Waals surface area contributed by atoms with Gasteiger partial charge >= 0.3 is 11.9 Å². The summed E-state index contributed by atoms with van der Waals surface area (Å²) in [4.78, 5) is 46.0. The van der Waals surface area contributed by atoms with Crippen LogP contribution in [0.4, 0.5) is 0 Å². The van der Waals surface area contributed by atoms with Crippen molar-refractivity contribution in [3.63, 3.8) is 0 Å². The van der Waals surface area contributed by atoms with Crippen molar-refractivity contribution in [2.24, 2.45) is 0 Å². The summed E-state index contributed by atoms with van der Waals surface area (Å²) in [5.74, 6) is -1.29. The van der Waals surface area contributed by atoms with Crippen molar-refractivity contribution in [1.29, 1.82) is 0 Å². The summed E-state index contributed by atoms with van der Waals surface area (Å²) < 4.78 is 0. The second-order valence-electron chi connectivity index (χ2n) is 10.9. The fourth-order valence-electron chi connectivity index (χ4n) is 3.80. The van der Waals surface area contributed by atoms with Gasteiger partial charge in [0.2, 0.25) is 6.29 Å². The van der Waals surface area contributed by atoms with E-state index >= 15 is 0 Å². The van der Waals surface area contributed by atoms with E-state index in [0.29, 0.717) is 17.5 Å². The third kappa shape index (κ3) is 10.4. The maximum atomic E-state index is 12.6. The lowest BCUT2D eigenvalue weighted by Gasteiger charge is -2.18. The Balaban J connectivity index is 1.98. The molecule has 0 bridgehead atoms. The van der Waals surface area contributed by atoms with Gasteiger partial charge in [0.15, 0.2) is 0 Å². The minimum atomic E-state index is -1.73. The first kappa shape index (κ1) is 32.4. The van der Waals surface area contributed by atoms with Crippen molar-refractivity contribution in [2.75, 3.05) is 0 Å². The SMILES string of the molecule is C=C[Si](C)(C)c1ccc(C(=O)OOC(CCCCCCCC)OOC(=O)c2ccc([Si](C)(C)C=C)cc2)cc1. The third-order valence-electron chi connectivity index (χ3n) is 7.01. The molecule has 0 unspecified atom stereocenters. The molecule has 8 heteroatoms. The average molecular weight is 569 g/mol. The zero-order valence-electron chi connectivity index (χ0n) is 24.2. The maximum Gasteiger partial charge on any atom is 0.373 e. The van der Waals surface area contributed by atoms with Gasteiger partial charge in [-0.2, -0.15) is 0 Å². The maximum absolute atomic E-state index is 12.6. The predicted octanol–water partition coefficient (Wildman–Crippen LogP) is 6.92. The van der Waals surface area contributed by atoms with E-state index in [0.717, 1.165) is 36.1 Å². The molecule has 0 radical (unpaired) electrons. The molecule has 2 rings (SSSR count). The highest BCUT2D eigenvalue weighted by molar-refractivity contribution is 6.94. The van der Waals surface area contributed by atoms with Crippen LogP contribution in [0.2, 0.25) is 26.2 Å². The molecule has 0 amide bonds. The standard InChI is InChI=1S/C31H44O6Si2/c1-8-11-12-13-14-15-16-29(34-36-30(32)25-17-21-27(22-18-25)38(4,5)9-2)35-37-31(33)26-19-23-28(24-20-26)39(6,7)10-3/h9-10,17-24,29H,2-3,8,11-16H2,1,4-7H3. The average Bonchev–Trinajstić information content (AvgIpc) is 2.95. The summed E-state index contributed by atoms with van der Waals surface area (Å²) in [6.45, 7) is 18.7. The molecule has 0 aliphatic carbocycles. The van der Waals surface area contributed by atoms with Crippen molar-refractivity contribution >= 4 is 38.5 Å². The lowest BCUT2D eigenvalue weighted by atomic mass is 10.1. The van der Waals surface area contributed by atoms with Crippen LogP contribution in [0.5, 0.6) is 0 Å². The van der Waals surface area contributed by atoms with Crippen LogP contribution < -0.4 is 10.4 Å². The van der Waals surface area contributed by atoms with E-state index < -0.39 is 34.4 Å². The van der Waals surface area contributed by atoms with Crippen molar-refractivity contribution in [3.05, 3.63) is 84.2 Å². The predicted molar refractivity (Wildman–Crippen MR) is 162 cm³/mol. The molecule has 2 aromatic carbocycles. The number of carbonyl (C=O) groups excluding carboxylic acids is 2. The number of carbonyl (C=O) groups is 2. The summed E-state index contributed by atoms with van der Waals surface area (Å²) in [5, 5.41) is 2.32. The van der Waals surface area contributed by atoms with Crippen LogP contribution in [0.15, 0.2) is 73.1 Å². The molecule has 0 aliphatic heterocycles. The van der Waals surface area contributed by atoms with E-state index in [-0.39, 0.29) is 0 Å². The Labute approximate surface area is 235 Å². The molecule has 212 valence electrons. The van der Waals surface area contributed by atoms with Gasteiger partial charge in [0.1, 0.15) is 16.1 Å². The smallest absolute Gasteiger partial charge is 0.290 e. The molecule has 0 saturated heterocycles. The second kappa shape index (κ2) is 15.7. The Hall–Kier alpha value is -2.79. The van der Waals surface area contributed by atoms with E-state index in [4.69, 9.17) is 19.6 Å². The monoisotopic (exact) mass is 568 g/mol. The molecular weight excluding hydrogens is 525 g/mol. The molecule has 0 heterocycles. The van der Waals surface area contributed by atoms with Gasteiger partial charge in [-0.1, -0.05) is 111 Å². The number of rotatable bonds is 17. The quantitative estimate of drug-likeness (QED) is 0.0678. The molecule has 0 aliphatic rings. The molecule has 0 atom stereocenters. The van der Waals surface area contributed by atoms with Gasteiger partial charge in [-0.05, 0) is 30.7 Å². The van der Waals surface area contributed by atoms with Crippen LogP contribution in [0.3, 0.4) is 0 Å². The number of unbranched alkanes of at least 4 members (excludes halogenated alkanes) is 5. The normalized spacial score (nSPS) is 11.7. The van der Waals surface area contributed by atoms with Crippen molar-refractivity contribution in [3.8, 4) is 0 Å². The van der Waals surface area contributed by atoms with E-state index in [1.807, 2.05) is 35.7 Å². The fraction of sp³-hybridized carbons (Fsp3) is 0.419. The van der Waals surface area contributed by atoms with E-state index in [1.54, 1.807) is 24.3 Å². The van der Waals surface area contributed by atoms with Crippen LogP contribution in [-0.2, 0) is 19.6 Å².